The third-order valence-electron chi connectivity index (χ3n) is 14.3. The van der Waals surface area contributed by atoms with Gasteiger partial charge in [-0.2, -0.15) is 0 Å². The average Bonchev–Trinajstić information content (AvgIpc) is 3.74. The van der Waals surface area contributed by atoms with Gasteiger partial charge in [0.1, 0.15) is 23.7 Å². The fraction of sp³-hybridized carbons (Fsp3) is 0.549. The molecule has 0 bridgehead atoms. The van der Waals surface area contributed by atoms with Gasteiger partial charge in [0, 0.05) is 27.2 Å². The number of nitrogens with zero attached hydrogens (tertiary/aromatic N) is 7. The monoisotopic (exact) mass is 1010 g/mol. The molecule has 2 unspecified atom stereocenters. The number of aryl methyl sites for hydroxylation is 2. The van der Waals surface area contributed by atoms with Crippen molar-refractivity contribution in [3.8, 4) is 0 Å². The molecule has 4 aromatic rings. The lowest BCUT2D eigenvalue weighted by Crippen LogP contribution is -2.58. The lowest BCUT2D eigenvalue weighted by molar-refractivity contribution is -0.146. The van der Waals surface area contributed by atoms with Crippen molar-refractivity contribution in [2.24, 2.45) is 19.8 Å². The summed E-state index contributed by atoms with van der Waals surface area (Å²) in [7, 11) is 2.80. The topological polar surface area (TPSA) is 267 Å². The van der Waals surface area contributed by atoms with Crippen LogP contribution in [0.15, 0.2) is 92.0 Å². The first kappa shape index (κ1) is 53.6. The van der Waals surface area contributed by atoms with Gasteiger partial charge in [0.2, 0.25) is 17.7 Å². The van der Waals surface area contributed by atoms with Crippen LogP contribution in [0, 0.1) is 0 Å². The van der Waals surface area contributed by atoms with Gasteiger partial charge in [0.05, 0.1) is 17.7 Å². The van der Waals surface area contributed by atoms with Crippen LogP contribution in [-0.4, -0.2) is 113 Å². The fourth-order valence-electron chi connectivity index (χ4n) is 10.3. The van der Waals surface area contributed by atoms with Gasteiger partial charge in [-0.1, -0.05) is 72.8 Å². The Morgan fingerprint density at radius 2 is 1.29 bits per heavy atom. The summed E-state index contributed by atoms with van der Waals surface area (Å²) in [6.07, 6.45) is 7.66. The minimum atomic E-state index is -1.00. The number of amides is 4. The highest BCUT2D eigenvalue weighted by Crippen LogP contribution is 2.38. The lowest BCUT2D eigenvalue weighted by Gasteiger charge is -2.44. The summed E-state index contributed by atoms with van der Waals surface area (Å²) in [4.78, 5) is 118. The third-order valence-corrected chi connectivity index (χ3v) is 14.3. The van der Waals surface area contributed by atoms with E-state index in [0.717, 1.165) is 20.3 Å². The van der Waals surface area contributed by atoms with Crippen molar-refractivity contribution in [2.75, 3.05) is 32.8 Å². The maximum Gasteiger partial charge on any atom is 0.410 e. The van der Waals surface area contributed by atoms with Crippen molar-refractivity contribution in [1.29, 1.82) is 0 Å². The van der Waals surface area contributed by atoms with E-state index in [1.165, 1.54) is 32.8 Å². The van der Waals surface area contributed by atoms with Crippen LogP contribution in [0.25, 0.3) is 0 Å². The predicted molar refractivity (Wildman–Crippen MR) is 269 cm³/mol. The van der Waals surface area contributed by atoms with Crippen LogP contribution in [0.4, 0.5) is 4.79 Å². The van der Waals surface area contributed by atoms with E-state index in [-0.39, 0.29) is 13.0 Å². The van der Waals surface area contributed by atoms with Crippen molar-refractivity contribution in [3.05, 3.63) is 126 Å². The molecule has 2 aromatic carbocycles. The lowest BCUT2D eigenvalue weighted by atomic mass is 9.81. The van der Waals surface area contributed by atoms with Crippen molar-refractivity contribution in [2.45, 2.75) is 133 Å². The second kappa shape index (κ2) is 22.3. The van der Waals surface area contributed by atoms with Crippen molar-refractivity contribution in [1.82, 2.24) is 48.7 Å². The summed E-state index contributed by atoms with van der Waals surface area (Å²) in [6.45, 7) is 9.40. The maximum atomic E-state index is 13.9. The number of hydrogen-bond acceptors (Lipinski definition) is 12. The van der Waals surface area contributed by atoms with Gasteiger partial charge in [0.15, 0.2) is 6.04 Å². The van der Waals surface area contributed by atoms with Gasteiger partial charge in [-0.3, -0.25) is 14.4 Å². The highest BCUT2D eigenvalue weighted by Gasteiger charge is 2.47. The first-order valence-corrected chi connectivity index (χ1v) is 25.1. The molecule has 0 radical (unpaired) electrons. The molecule has 0 saturated carbocycles. The number of likely N-dealkylation sites (tertiary alicyclic amines) is 1. The van der Waals surface area contributed by atoms with E-state index in [2.05, 4.69) is 16.0 Å². The van der Waals surface area contributed by atoms with Crippen LogP contribution < -0.4 is 44.4 Å². The van der Waals surface area contributed by atoms with E-state index in [1.54, 1.807) is 44.7 Å². The molecule has 4 aliphatic heterocycles. The molecular formula is C51H69N11O11. The van der Waals surface area contributed by atoms with Crippen LogP contribution in [0.3, 0.4) is 0 Å². The predicted octanol–water partition coefficient (Wildman–Crippen LogP) is 1.23. The minimum absolute atomic E-state index is 0.172. The van der Waals surface area contributed by atoms with Gasteiger partial charge in [-0.05, 0) is 116 Å². The molecule has 2 aromatic heterocycles. The van der Waals surface area contributed by atoms with Crippen LogP contribution in [0.5, 0.6) is 0 Å². The van der Waals surface area contributed by atoms with E-state index in [4.69, 9.17) is 15.2 Å². The number of rotatable bonds is 13. The molecule has 22 nitrogen and oxygen atoms in total. The normalized spacial score (nSPS) is 19.3. The molecule has 2 spiro atoms. The number of fused-ring (bicyclic) bond motifs is 4. The highest BCUT2D eigenvalue weighted by atomic mass is 16.6. The SMILES string of the molecule is CCOC(=O)C1C=CC2(CCN(C(=O)OC(C)(C)C)CC2)n2c(=O)n(C)c(=O)n21.Cn1c(=O)n2n(c1=O)C1(CCNCC1)CCC2C(=O)N[C@@H](CCc1ccccc1)C(=O)N[C@@H](CCc1ccccc1)C(N)=O. The first-order valence-electron chi connectivity index (χ1n) is 25.1. The smallest absolute Gasteiger partial charge is 0.410 e. The number of nitrogens with two attached hydrogens (primary N) is 1. The van der Waals surface area contributed by atoms with Gasteiger partial charge < -0.3 is 36.1 Å². The second-order valence-corrected chi connectivity index (χ2v) is 20.3. The molecule has 73 heavy (non-hydrogen) atoms. The number of carbonyl (C=O) groups is 5. The number of primary amides is 1. The van der Waals surface area contributed by atoms with Crippen LogP contribution in [-0.2, 0) is 66.7 Å². The van der Waals surface area contributed by atoms with E-state index in [0.29, 0.717) is 84.0 Å². The van der Waals surface area contributed by atoms with Crippen LogP contribution in [0.1, 0.15) is 102 Å². The Morgan fingerprint density at radius 3 is 1.84 bits per heavy atom. The number of allylic oxidation sites excluding steroid dienone is 1. The summed E-state index contributed by atoms with van der Waals surface area (Å²) in [5, 5.41) is 8.93. The number of carbonyl (C=O) groups excluding carboxylic acids is 5. The minimum Gasteiger partial charge on any atom is -0.464 e. The van der Waals surface area contributed by atoms with Crippen molar-refractivity contribution < 1.29 is 33.4 Å². The zero-order valence-electron chi connectivity index (χ0n) is 42.5. The molecule has 8 rings (SSSR count). The Bertz CT molecular complexity index is 2920. The quantitative estimate of drug-likeness (QED) is 0.109. The summed E-state index contributed by atoms with van der Waals surface area (Å²) >= 11 is 0. The molecule has 22 heteroatoms. The zero-order chi connectivity index (χ0) is 52.8. The van der Waals surface area contributed by atoms with Gasteiger partial charge in [0.25, 0.3) is 0 Å². The number of hydrogen-bond donors (Lipinski definition) is 4. The summed E-state index contributed by atoms with van der Waals surface area (Å²) in [5.74, 6) is -2.31. The van der Waals surface area contributed by atoms with Gasteiger partial charge >= 0.3 is 34.8 Å². The summed E-state index contributed by atoms with van der Waals surface area (Å²) in [5.41, 5.74) is 3.63. The molecule has 4 amide bonds. The first-order chi connectivity index (χ1) is 34.7. The van der Waals surface area contributed by atoms with E-state index in [9.17, 15) is 43.2 Å². The van der Waals surface area contributed by atoms with Crippen molar-refractivity contribution >= 4 is 29.8 Å². The molecule has 5 N–H and O–H groups in total. The number of piperidine rings is 2. The molecule has 394 valence electrons. The number of nitrogens with one attached hydrogen (secondary N) is 3. The molecule has 0 aliphatic carbocycles. The Balaban J connectivity index is 0.000000233. The number of aromatic nitrogens is 6. The average molecular weight is 1010 g/mol. The fourth-order valence-corrected chi connectivity index (χ4v) is 10.3. The largest absolute Gasteiger partial charge is 0.464 e. The molecule has 2 fully saturated rings. The summed E-state index contributed by atoms with van der Waals surface area (Å²) in [6, 6.07) is 15.2. The Labute approximate surface area is 422 Å². The molecule has 4 aliphatic rings. The van der Waals surface area contributed by atoms with Gasteiger partial charge in [-0.25, -0.2) is 56.6 Å². The number of benzene rings is 2. The maximum absolute atomic E-state index is 13.9. The molecular weight excluding hydrogens is 943 g/mol. The van der Waals surface area contributed by atoms with Crippen molar-refractivity contribution in [3.63, 3.8) is 0 Å². The molecule has 6 heterocycles. The molecule has 2 saturated heterocycles. The highest BCUT2D eigenvalue weighted by molar-refractivity contribution is 5.92. The number of ether oxygens (including phenoxy) is 2. The van der Waals surface area contributed by atoms with E-state index >= 15 is 0 Å². The standard InChI is InChI=1S/C32H41N7O5.C19H28N4O6/c1-37-30(43)38-26(16-17-32(39(38)31(37)44)18-20-34-21-19-32)29(42)36-25(15-13-23-10-6-3-7-11-23)28(41)35-24(27(33)40)14-12-22-8-4-2-5-9-22;1-6-28-14(24)13-7-8-19(23-16(26)20(5)15(25)22(13)23)9-11-21(12-10-19)17(27)29-18(2,3)4/h2-11,24-26,34H,12-21H2,1H3,(H2,33,40)(H,35,41)(H,36,42);7-8,13H,6,9-12H2,1-5H3/t24-,25-,26?;/m0./s1. The zero-order valence-corrected chi connectivity index (χ0v) is 42.5. The van der Waals surface area contributed by atoms with E-state index < -0.39 is 93.4 Å². The Morgan fingerprint density at radius 1 is 0.740 bits per heavy atom. The van der Waals surface area contributed by atoms with Crippen LogP contribution in [0.2, 0.25) is 0 Å². The Hall–Kier alpha value is -7.23. The second-order valence-electron chi connectivity index (χ2n) is 20.3. The van der Waals surface area contributed by atoms with Gasteiger partial charge in [-0.15, -0.1) is 0 Å². The Kier molecular flexibility index (Phi) is 16.3. The third kappa shape index (κ3) is 11.5. The molecule has 4 atom stereocenters. The van der Waals surface area contributed by atoms with Crippen LogP contribution >= 0.6 is 0 Å². The number of esters is 1. The van der Waals surface area contributed by atoms with E-state index in [1.807, 2.05) is 60.7 Å². The summed E-state index contributed by atoms with van der Waals surface area (Å²) < 4.78 is 17.8.